The summed E-state index contributed by atoms with van der Waals surface area (Å²) in [6.07, 6.45) is -5.10. The number of allylic oxidation sites excluding steroid dienone is 1. The van der Waals surface area contributed by atoms with Gasteiger partial charge in [-0.2, -0.15) is 13.2 Å². The Morgan fingerprint density at radius 2 is 2.20 bits per heavy atom. The second kappa shape index (κ2) is 2.16. The first-order valence-electron chi connectivity index (χ1n) is 2.67. The fourth-order valence-corrected chi connectivity index (χ4v) is 0.613. The van der Waals surface area contributed by atoms with Gasteiger partial charge in [0.2, 0.25) is 6.10 Å². The Kier molecular flexibility index (Phi) is 1.60. The second-order valence-electron chi connectivity index (χ2n) is 2.03. The summed E-state index contributed by atoms with van der Waals surface area (Å²) in [5.41, 5.74) is 2.51. The third-order valence-electron chi connectivity index (χ3n) is 1.07. The van der Waals surface area contributed by atoms with Crippen molar-refractivity contribution < 1.29 is 18.0 Å². The Hall–Kier alpha value is -0.710. The minimum Gasteiger partial charge on any atom is -0.271 e. The van der Waals surface area contributed by atoms with Gasteiger partial charge in [-0.05, 0) is 13.0 Å². The molecule has 10 heavy (non-hydrogen) atoms. The van der Waals surface area contributed by atoms with Gasteiger partial charge in [-0.25, -0.2) is 0 Å². The highest BCUT2D eigenvalue weighted by Gasteiger charge is 2.42. The lowest BCUT2D eigenvalue weighted by Gasteiger charge is -2.10. The summed E-state index contributed by atoms with van der Waals surface area (Å²) in [7, 11) is 0. The van der Waals surface area contributed by atoms with Crippen LogP contribution in [-0.2, 0) is 4.84 Å². The molecule has 1 aliphatic rings. The molecule has 0 fully saturated rings. The molecule has 0 saturated carbocycles. The summed E-state index contributed by atoms with van der Waals surface area (Å²) >= 11 is 0. The molecule has 0 radical (unpaired) electrons. The maximum atomic E-state index is 11.7. The van der Waals surface area contributed by atoms with Gasteiger partial charge in [-0.3, -0.25) is 10.3 Å². The van der Waals surface area contributed by atoms with E-state index in [1.807, 2.05) is 0 Å². The van der Waals surface area contributed by atoms with Crippen LogP contribution in [0, 0.1) is 0 Å². The van der Waals surface area contributed by atoms with Gasteiger partial charge in [0.25, 0.3) is 0 Å². The van der Waals surface area contributed by atoms with Gasteiger partial charge in [-0.15, -0.1) is 0 Å². The second-order valence-corrected chi connectivity index (χ2v) is 2.03. The predicted molar refractivity (Wildman–Crippen MR) is 27.8 cm³/mol. The van der Waals surface area contributed by atoms with Crippen molar-refractivity contribution in [2.24, 2.45) is 0 Å². The molecule has 2 nitrogen and oxygen atoms in total. The number of hydrogen-bond acceptors (Lipinski definition) is 2. The van der Waals surface area contributed by atoms with Crippen LogP contribution < -0.4 is 5.48 Å². The Balaban J connectivity index is 2.61. The van der Waals surface area contributed by atoms with E-state index in [0.717, 1.165) is 6.08 Å². The van der Waals surface area contributed by atoms with Crippen LogP contribution in [0.15, 0.2) is 11.8 Å². The van der Waals surface area contributed by atoms with Gasteiger partial charge in [-0.1, -0.05) is 0 Å². The van der Waals surface area contributed by atoms with Crippen LogP contribution in [-0.4, -0.2) is 12.3 Å². The molecule has 0 aromatic rings. The normalized spacial score (nSPS) is 26.0. The van der Waals surface area contributed by atoms with Crippen molar-refractivity contribution in [3.05, 3.63) is 11.8 Å². The zero-order valence-corrected chi connectivity index (χ0v) is 5.20. The van der Waals surface area contributed by atoms with Crippen LogP contribution in [0.5, 0.6) is 0 Å². The average Bonchev–Trinajstić information content (AvgIpc) is 2.11. The smallest absolute Gasteiger partial charge is 0.271 e. The quantitative estimate of drug-likeness (QED) is 0.567. The van der Waals surface area contributed by atoms with Gasteiger partial charge in [0.15, 0.2) is 0 Å². The van der Waals surface area contributed by atoms with E-state index in [0.29, 0.717) is 5.70 Å². The summed E-state index contributed by atoms with van der Waals surface area (Å²) < 4.78 is 35.2. The van der Waals surface area contributed by atoms with Crippen molar-refractivity contribution >= 4 is 0 Å². The van der Waals surface area contributed by atoms with Crippen molar-refractivity contribution in [3.63, 3.8) is 0 Å². The lowest BCUT2D eigenvalue weighted by atomic mass is 10.3. The highest BCUT2D eigenvalue weighted by Crippen LogP contribution is 2.26. The van der Waals surface area contributed by atoms with E-state index < -0.39 is 12.3 Å². The number of hydrogen-bond donors (Lipinski definition) is 1. The summed E-state index contributed by atoms with van der Waals surface area (Å²) in [6, 6.07) is 0. The van der Waals surface area contributed by atoms with Crippen molar-refractivity contribution in [1.82, 2.24) is 5.48 Å². The number of halogens is 3. The van der Waals surface area contributed by atoms with Crippen LogP contribution in [0.25, 0.3) is 0 Å². The summed E-state index contributed by atoms with van der Waals surface area (Å²) in [4.78, 5) is 4.16. The predicted octanol–water partition coefficient (Wildman–Crippen LogP) is 1.36. The van der Waals surface area contributed by atoms with Crippen LogP contribution in [0.4, 0.5) is 13.2 Å². The molecule has 1 rings (SSSR count). The van der Waals surface area contributed by atoms with E-state index in [2.05, 4.69) is 10.3 Å². The molecule has 1 atom stereocenters. The molecular formula is C5H6F3NO. The van der Waals surface area contributed by atoms with E-state index in [4.69, 9.17) is 0 Å². The van der Waals surface area contributed by atoms with Gasteiger partial charge >= 0.3 is 6.18 Å². The molecule has 0 aromatic carbocycles. The minimum absolute atomic E-state index is 0.391. The van der Waals surface area contributed by atoms with Gasteiger partial charge in [0.1, 0.15) is 0 Å². The van der Waals surface area contributed by atoms with Crippen molar-refractivity contribution in [2.75, 3.05) is 0 Å². The van der Waals surface area contributed by atoms with E-state index in [-0.39, 0.29) is 0 Å². The highest BCUT2D eigenvalue weighted by molar-refractivity contribution is 5.05. The monoisotopic (exact) mass is 153 g/mol. The van der Waals surface area contributed by atoms with Crippen LogP contribution in [0.1, 0.15) is 6.92 Å². The Morgan fingerprint density at radius 1 is 1.60 bits per heavy atom. The molecule has 0 saturated heterocycles. The lowest BCUT2D eigenvalue weighted by molar-refractivity contribution is -0.209. The Labute approximate surface area is 55.6 Å². The molecule has 0 spiro atoms. The molecule has 1 heterocycles. The number of rotatable bonds is 0. The number of nitrogens with one attached hydrogen (secondary N) is 1. The topological polar surface area (TPSA) is 21.3 Å². The third kappa shape index (κ3) is 1.41. The van der Waals surface area contributed by atoms with Gasteiger partial charge < -0.3 is 0 Å². The Morgan fingerprint density at radius 3 is 2.40 bits per heavy atom. The van der Waals surface area contributed by atoms with E-state index in [9.17, 15) is 13.2 Å². The molecule has 0 amide bonds. The molecule has 58 valence electrons. The molecule has 0 aromatic heterocycles. The zero-order valence-electron chi connectivity index (χ0n) is 5.20. The Bertz CT molecular complexity index is 163. The average molecular weight is 153 g/mol. The minimum atomic E-state index is -4.30. The molecule has 1 aliphatic heterocycles. The largest absolute Gasteiger partial charge is 0.420 e. The number of hydroxylamine groups is 1. The number of alkyl halides is 3. The SMILES string of the molecule is CC1=CC(C(F)(F)F)ON1. The lowest BCUT2D eigenvalue weighted by Crippen LogP contribution is -2.29. The molecule has 1 N–H and O–H groups in total. The summed E-state index contributed by atoms with van der Waals surface area (Å²) in [5, 5.41) is 0. The van der Waals surface area contributed by atoms with Gasteiger partial charge in [0.05, 0.1) is 0 Å². The van der Waals surface area contributed by atoms with E-state index in [1.54, 1.807) is 0 Å². The summed E-state index contributed by atoms with van der Waals surface area (Å²) in [6.45, 7) is 1.51. The van der Waals surface area contributed by atoms with E-state index >= 15 is 0 Å². The standard InChI is InChI=1S/C5H6F3NO/c1-3-2-4(10-9-3)5(6,7)8/h2,4,9H,1H3. The third-order valence-corrected chi connectivity index (χ3v) is 1.07. The first-order chi connectivity index (χ1) is 4.50. The fraction of sp³-hybridized carbons (Fsp3) is 0.600. The van der Waals surface area contributed by atoms with Crippen molar-refractivity contribution in [3.8, 4) is 0 Å². The molecular weight excluding hydrogens is 147 g/mol. The van der Waals surface area contributed by atoms with Crippen LogP contribution in [0.3, 0.4) is 0 Å². The van der Waals surface area contributed by atoms with Crippen LogP contribution in [0.2, 0.25) is 0 Å². The molecule has 5 heteroatoms. The summed E-state index contributed by atoms with van der Waals surface area (Å²) in [5.74, 6) is 0. The fourth-order valence-electron chi connectivity index (χ4n) is 0.613. The first-order valence-corrected chi connectivity index (χ1v) is 2.67. The molecule has 1 unspecified atom stereocenters. The molecule has 0 aliphatic carbocycles. The maximum Gasteiger partial charge on any atom is 0.420 e. The highest BCUT2D eigenvalue weighted by atomic mass is 19.4. The first kappa shape index (κ1) is 7.40. The zero-order chi connectivity index (χ0) is 7.78. The van der Waals surface area contributed by atoms with Gasteiger partial charge in [0, 0.05) is 5.70 Å². The maximum absolute atomic E-state index is 11.7. The van der Waals surface area contributed by atoms with E-state index in [1.165, 1.54) is 6.92 Å². The van der Waals surface area contributed by atoms with Crippen LogP contribution >= 0.6 is 0 Å². The van der Waals surface area contributed by atoms with Crippen molar-refractivity contribution in [1.29, 1.82) is 0 Å². The van der Waals surface area contributed by atoms with Crippen molar-refractivity contribution in [2.45, 2.75) is 19.2 Å². The molecule has 0 bridgehead atoms.